The summed E-state index contributed by atoms with van der Waals surface area (Å²) < 4.78 is 3.81. The number of carbonyl (C=O) groups excluding carboxylic acids is 1. The molecule has 1 aliphatic heterocycles. The van der Waals surface area contributed by atoms with Gasteiger partial charge in [-0.05, 0) is 13.3 Å². The van der Waals surface area contributed by atoms with Crippen molar-refractivity contribution in [1.29, 1.82) is 0 Å². The van der Waals surface area contributed by atoms with Gasteiger partial charge in [0.1, 0.15) is 12.2 Å². The lowest BCUT2D eigenvalue weighted by Crippen LogP contribution is -2.36. The fourth-order valence-corrected chi connectivity index (χ4v) is 2.44. The number of fused-ring (bicyclic) bond motifs is 1. The van der Waals surface area contributed by atoms with E-state index in [1.54, 1.807) is 12.7 Å². The maximum absolute atomic E-state index is 12.2. The summed E-state index contributed by atoms with van der Waals surface area (Å²) in [6.45, 7) is 3.79. The summed E-state index contributed by atoms with van der Waals surface area (Å²) in [5.41, 5.74) is 0.887. The molecule has 124 valence electrons. The normalized spacial score (nSPS) is 16.0. The monoisotopic (exact) mass is 320 g/mol. The Morgan fingerprint density at radius 1 is 1.52 bits per heavy atom. The summed E-state index contributed by atoms with van der Waals surface area (Å²) in [7, 11) is 0. The van der Waals surface area contributed by atoms with Gasteiger partial charge in [0.25, 0.3) is 6.47 Å². The number of aromatic nitrogens is 5. The Hall–Kier alpha value is -2.71. The van der Waals surface area contributed by atoms with Crippen molar-refractivity contribution in [3.63, 3.8) is 0 Å². The number of nitrogens with one attached hydrogen (secondary N) is 1. The van der Waals surface area contributed by atoms with Crippen LogP contribution < -0.4 is 5.32 Å². The number of hydrogen-bond acceptors (Lipinski definition) is 5. The summed E-state index contributed by atoms with van der Waals surface area (Å²) in [5.74, 6) is 1.00. The molecule has 1 atom stereocenters. The Kier molecular flexibility index (Phi) is 5.84. The van der Waals surface area contributed by atoms with Crippen molar-refractivity contribution in [2.24, 2.45) is 5.92 Å². The van der Waals surface area contributed by atoms with Gasteiger partial charge in [0, 0.05) is 19.2 Å². The van der Waals surface area contributed by atoms with E-state index in [9.17, 15) is 4.79 Å². The quantitative estimate of drug-likeness (QED) is 0.771. The Labute approximate surface area is 133 Å². The molecule has 3 heterocycles. The molecule has 0 aliphatic carbocycles. The lowest BCUT2D eigenvalue weighted by molar-refractivity contribution is -0.126. The van der Waals surface area contributed by atoms with Crippen molar-refractivity contribution in [3.05, 3.63) is 30.4 Å². The van der Waals surface area contributed by atoms with E-state index >= 15 is 0 Å². The molecular weight excluding hydrogens is 300 g/mol. The van der Waals surface area contributed by atoms with E-state index in [0.717, 1.165) is 30.9 Å². The van der Waals surface area contributed by atoms with Crippen LogP contribution in [-0.4, -0.2) is 41.8 Å². The fourth-order valence-electron chi connectivity index (χ4n) is 2.44. The van der Waals surface area contributed by atoms with Gasteiger partial charge < -0.3 is 15.0 Å². The summed E-state index contributed by atoms with van der Waals surface area (Å²) in [4.78, 5) is 28.9. The molecule has 2 aromatic rings. The molecule has 0 aromatic carbocycles. The Bertz CT molecular complexity index is 650. The first kappa shape index (κ1) is 16.7. The highest BCUT2D eigenvalue weighted by Crippen LogP contribution is 2.17. The zero-order valence-electron chi connectivity index (χ0n) is 12.9. The summed E-state index contributed by atoms with van der Waals surface area (Å²) in [6.07, 6.45) is 6.92. The van der Waals surface area contributed by atoms with Crippen molar-refractivity contribution in [1.82, 2.24) is 29.6 Å². The maximum atomic E-state index is 12.2. The van der Waals surface area contributed by atoms with Gasteiger partial charge in [-0.3, -0.25) is 9.59 Å². The second kappa shape index (κ2) is 8.06. The number of carboxylic acid groups (broad SMARTS) is 1. The van der Waals surface area contributed by atoms with Crippen LogP contribution in [-0.2, 0) is 35.6 Å². The zero-order chi connectivity index (χ0) is 16.7. The Morgan fingerprint density at radius 3 is 3.00 bits per heavy atom. The Balaban J connectivity index is 0.000000595. The van der Waals surface area contributed by atoms with Crippen LogP contribution in [0.2, 0.25) is 0 Å². The SMILES string of the molecule is CCn1cnc(CNC(=O)C2CCc3ncnn3C2)c1.O=CO. The van der Waals surface area contributed by atoms with Crippen LogP contribution in [0, 0.1) is 5.92 Å². The van der Waals surface area contributed by atoms with E-state index in [-0.39, 0.29) is 18.3 Å². The number of nitrogens with zero attached hydrogens (tertiary/aromatic N) is 5. The first-order chi connectivity index (χ1) is 11.2. The van der Waals surface area contributed by atoms with Crippen LogP contribution in [0.5, 0.6) is 0 Å². The first-order valence-corrected chi connectivity index (χ1v) is 7.40. The predicted molar refractivity (Wildman–Crippen MR) is 80.3 cm³/mol. The van der Waals surface area contributed by atoms with Gasteiger partial charge in [0.05, 0.1) is 31.0 Å². The number of rotatable bonds is 4. The smallest absolute Gasteiger partial charge is 0.290 e. The van der Waals surface area contributed by atoms with E-state index in [0.29, 0.717) is 13.1 Å². The van der Waals surface area contributed by atoms with E-state index in [1.807, 2.05) is 15.4 Å². The molecule has 2 N–H and O–H groups in total. The molecule has 1 unspecified atom stereocenters. The van der Waals surface area contributed by atoms with Crippen molar-refractivity contribution < 1.29 is 14.7 Å². The minimum Gasteiger partial charge on any atom is -0.483 e. The van der Waals surface area contributed by atoms with Crippen LogP contribution >= 0.6 is 0 Å². The second-order valence-electron chi connectivity index (χ2n) is 5.11. The summed E-state index contributed by atoms with van der Waals surface area (Å²) >= 11 is 0. The molecule has 0 radical (unpaired) electrons. The molecule has 0 saturated heterocycles. The van der Waals surface area contributed by atoms with Gasteiger partial charge in [0.2, 0.25) is 5.91 Å². The van der Waals surface area contributed by atoms with E-state index in [2.05, 4.69) is 27.3 Å². The van der Waals surface area contributed by atoms with Crippen LogP contribution in [0.4, 0.5) is 0 Å². The molecule has 3 rings (SSSR count). The lowest BCUT2D eigenvalue weighted by Gasteiger charge is -2.21. The van der Waals surface area contributed by atoms with E-state index in [1.165, 1.54) is 0 Å². The average molecular weight is 320 g/mol. The molecule has 23 heavy (non-hydrogen) atoms. The lowest BCUT2D eigenvalue weighted by atomic mass is 9.99. The molecule has 9 heteroatoms. The van der Waals surface area contributed by atoms with Gasteiger partial charge in [-0.2, -0.15) is 5.10 Å². The minimum atomic E-state index is -0.250. The highest BCUT2D eigenvalue weighted by atomic mass is 16.3. The third-order valence-electron chi connectivity index (χ3n) is 3.67. The van der Waals surface area contributed by atoms with Crippen LogP contribution in [0.1, 0.15) is 24.9 Å². The standard InChI is InChI=1S/C13H18N6O.CH2O2/c1-2-18-7-11(16-9-18)5-14-13(20)10-3-4-12-15-8-17-19(12)6-10;2-1-3/h7-10H,2-6H2,1H3,(H,14,20);1H,(H,2,3). The fraction of sp³-hybridized carbons (Fsp3) is 0.500. The van der Waals surface area contributed by atoms with Crippen molar-refractivity contribution in [2.45, 2.75) is 39.4 Å². The van der Waals surface area contributed by atoms with Gasteiger partial charge in [-0.15, -0.1) is 0 Å². The number of aryl methyl sites for hydroxylation is 2. The first-order valence-electron chi connectivity index (χ1n) is 7.40. The predicted octanol–water partition coefficient (Wildman–Crippen LogP) is 0.0741. The summed E-state index contributed by atoms with van der Waals surface area (Å²) in [6, 6.07) is 0. The third-order valence-corrected chi connectivity index (χ3v) is 3.67. The molecule has 1 aliphatic rings. The van der Waals surface area contributed by atoms with E-state index in [4.69, 9.17) is 9.90 Å². The zero-order valence-corrected chi connectivity index (χ0v) is 12.9. The molecule has 0 saturated carbocycles. The summed E-state index contributed by atoms with van der Waals surface area (Å²) in [5, 5.41) is 14.0. The molecule has 1 amide bonds. The number of imidazole rings is 1. The number of amides is 1. The van der Waals surface area contributed by atoms with Crippen molar-refractivity contribution in [2.75, 3.05) is 0 Å². The van der Waals surface area contributed by atoms with Crippen LogP contribution in [0.3, 0.4) is 0 Å². The molecule has 9 nitrogen and oxygen atoms in total. The number of hydrogen-bond donors (Lipinski definition) is 2. The molecular formula is C14H20N6O3. The second-order valence-corrected chi connectivity index (χ2v) is 5.11. The van der Waals surface area contributed by atoms with Crippen LogP contribution in [0.25, 0.3) is 0 Å². The highest BCUT2D eigenvalue weighted by Gasteiger charge is 2.25. The Morgan fingerprint density at radius 2 is 2.30 bits per heavy atom. The molecule has 0 spiro atoms. The average Bonchev–Trinajstić information content (AvgIpc) is 3.21. The van der Waals surface area contributed by atoms with Crippen molar-refractivity contribution >= 4 is 12.4 Å². The molecule has 0 bridgehead atoms. The largest absolute Gasteiger partial charge is 0.483 e. The van der Waals surface area contributed by atoms with Gasteiger partial charge in [-0.25, -0.2) is 14.6 Å². The van der Waals surface area contributed by atoms with Gasteiger partial charge in [-0.1, -0.05) is 0 Å². The van der Waals surface area contributed by atoms with Gasteiger partial charge in [0.15, 0.2) is 0 Å². The molecule has 0 fully saturated rings. The minimum absolute atomic E-state index is 0.0301. The molecule has 2 aromatic heterocycles. The maximum Gasteiger partial charge on any atom is 0.290 e. The highest BCUT2D eigenvalue weighted by molar-refractivity contribution is 5.78. The number of carbonyl (C=O) groups is 2. The third kappa shape index (κ3) is 4.38. The van der Waals surface area contributed by atoms with Gasteiger partial charge >= 0.3 is 0 Å². The van der Waals surface area contributed by atoms with Crippen LogP contribution in [0.15, 0.2) is 18.9 Å². The topological polar surface area (TPSA) is 115 Å². The van der Waals surface area contributed by atoms with Crippen molar-refractivity contribution in [3.8, 4) is 0 Å². The van der Waals surface area contributed by atoms with E-state index < -0.39 is 0 Å².